The smallest absolute Gasteiger partial charge is 0.137 e. The van der Waals surface area contributed by atoms with Gasteiger partial charge in [0.15, 0.2) is 0 Å². The van der Waals surface area contributed by atoms with Gasteiger partial charge in [-0.15, -0.1) is 0 Å². The molecule has 0 radical (unpaired) electrons. The summed E-state index contributed by atoms with van der Waals surface area (Å²) in [6, 6.07) is 70.6. The van der Waals surface area contributed by atoms with Crippen molar-refractivity contribution in [3.8, 4) is 44.8 Å². The second-order valence-corrected chi connectivity index (χ2v) is 14.0. The Morgan fingerprint density at radius 3 is 1.65 bits per heavy atom. The van der Waals surface area contributed by atoms with Crippen LogP contribution >= 0.6 is 0 Å². The molecule has 10 aromatic rings. The van der Waals surface area contributed by atoms with Crippen molar-refractivity contribution >= 4 is 49.8 Å². The number of hydrogen-bond acceptors (Lipinski definition) is 3. The van der Waals surface area contributed by atoms with Gasteiger partial charge in [0.1, 0.15) is 11.2 Å². The van der Waals surface area contributed by atoms with Crippen LogP contribution in [0.2, 0.25) is 0 Å². The Kier molecular flexibility index (Phi) is 8.04. The number of rotatable bonds is 7. The van der Waals surface area contributed by atoms with Gasteiger partial charge in [-0.3, -0.25) is 0 Å². The molecule has 0 saturated heterocycles. The van der Waals surface area contributed by atoms with Gasteiger partial charge in [-0.1, -0.05) is 152 Å². The molecule has 0 fully saturated rings. The maximum atomic E-state index is 6.62. The van der Waals surface area contributed by atoms with E-state index in [2.05, 4.69) is 206 Å². The molecule has 55 heavy (non-hydrogen) atoms. The van der Waals surface area contributed by atoms with E-state index >= 15 is 0 Å². The maximum Gasteiger partial charge on any atom is 0.137 e. The van der Waals surface area contributed by atoms with Gasteiger partial charge >= 0.3 is 0 Å². The summed E-state index contributed by atoms with van der Waals surface area (Å²) in [5.74, 6) is 0. The van der Waals surface area contributed by atoms with Gasteiger partial charge in [-0.2, -0.15) is 0 Å². The Labute approximate surface area is 320 Å². The van der Waals surface area contributed by atoms with E-state index in [-0.39, 0.29) is 0 Å². The summed E-state index contributed by atoms with van der Waals surface area (Å²) in [5, 5.41) is 4.59. The number of pyridine rings is 1. The van der Waals surface area contributed by atoms with E-state index in [1.165, 1.54) is 27.5 Å². The molecule has 10 rings (SSSR count). The monoisotopic (exact) mass is 704 g/mol. The third-order valence-corrected chi connectivity index (χ3v) is 10.7. The van der Waals surface area contributed by atoms with E-state index in [1.807, 2.05) is 6.07 Å². The third kappa shape index (κ3) is 5.83. The predicted molar refractivity (Wildman–Crippen MR) is 230 cm³/mol. The quantitative estimate of drug-likeness (QED) is 0.165. The molecular formula is C52H36N2O. The van der Waals surface area contributed by atoms with Gasteiger partial charge in [-0.05, 0) is 82.6 Å². The molecule has 0 amide bonds. The minimum absolute atomic E-state index is 0.850. The van der Waals surface area contributed by atoms with E-state index in [0.717, 1.165) is 72.6 Å². The van der Waals surface area contributed by atoms with E-state index in [9.17, 15) is 0 Å². The van der Waals surface area contributed by atoms with E-state index in [1.54, 1.807) is 0 Å². The van der Waals surface area contributed by atoms with E-state index < -0.39 is 0 Å². The van der Waals surface area contributed by atoms with Crippen LogP contribution in [-0.4, -0.2) is 4.98 Å². The number of aryl methyl sites for hydroxylation is 1. The Hall–Kier alpha value is -7.23. The number of fused-ring (bicyclic) bond motifs is 4. The van der Waals surface area contributed by atoms with Crippen molar-refractivity contribution in [1.82, 2.24) is 4.98 Å². The zero-order chi connectivity index (χ0) is 36.7. The van der Waals surface area contributed by atoms with Crippen molar-refractivity contribution in [2.24, 2.45) is 0 Å². The van der Waals surface area contributed by atoms with Gasteiger partial charge in [0, 0.05) is 50.4 Å². The van der Waals surface area contributed by atoms with Crippen LogP contribution in [0, 0.1) is 6.92 Å². The number of para-hydroxylation sites is 1. The molecule has 0 atom stereocenters. The topological polar surface area (TPSA) is 29.3 Å². The normalized spacial score (nSPS) is 11.4. The summed E-state index contributed by atoms with van der Waals surface area (Å²) in [7, 11) is 0. The van der Waals surface area contributed by atoms with Crippen molar-refractivity contribution in [3.05, 3.63) is 206 Å². The largest absolute Gasteiger partial charge is 0.456 e. The molecule has 0 N–H and O–H groups in total. The van der Waals surface area contributed by atoms with Crippen LogP contribution < -0.4 is 4.90 Å². The fourth-order valence-electron chi connectivity index (χ4n) is 7.96. The number of furan rings is 1. The van der Waals surface area contributed by atoms with E-state index in [4.69, 9.17) is 9.40 Å². The van der Waals surface area contributed by atoms with Crippen LogP contribution in [0.3, 0.4) is 0 Å². The second kappa shape index (κ2) is 13.6. The van der Waals surface area contributed by atoms with Gasteiger partial charge in [0.2, 0.25) is 0 Å². The molecule has 2 aromatic heterocycles. The van der Waals surface area contributed by atoms with Crippen LogP contribution in [0.5, 0.6) is 0 Å². The van der Waals surface area contributed by atoms with Crippen LogP contribution in [0.15, 0.2) is 205 Å². The number of aromatic nitrogens is 1. The number of nitrogens with zero attached hydrogens (tertiary/aromatic N) is 2. The highest BCUT2D eigenvalue weighted by Crippen LogP contribution is 2.42. The van der Waals surface area contributed by atoms with Crippen molar-refractivity contribution in [2.75, 3.05) is 4.90 Å². The Bertz CT molecular complexity index is 2950. The summed E-state index contributed by atoms with van der Waals surface area (Å²) in [5.41, 5.74) is 15.0. The van der Waals surface area contributed by atoms with Crippen LogP contribution in [0.25, 0.3) is 77.5 Å². The summed E-state index contributed by atoms with van der Waals surface area (Å²) in [6.07, 6.45) is 0. The number of benzene rings is 8. The number of anilines is 3. The Balaban J connectivity index is 1.04. The predicted octanol–water partition coefficient (Wildman–Crippen LogP) is 14.6. The molecule has 0 bridgehead atoms. The summed E-state index contributed by atoms with van der Waals surface area (Å²) < 4.78 is 6.62. The van der Waals surface area contributed by atoms with Gasteiger partial charge in [0.05, 0.1) is 11.4 Å². The van der Waals surface area contributed by atoms with Crippen molar-refractivity contribution < 1.29 is 4.42 Å². The maximum absolute atomic E-state index is 6.62. The lowest BCUT2D eigenvalue weighted by Crippen LogP contribution is -2.09. The Morgan fingerprint density at radius 2 is 0.927 bits per heavy atom. The third-order valence-electron chi connectivity index (χ3n) is 10.7. The van der Waals surface area contributed by atoms with Crippen LogP contribution in [-0.2, 0) is 0 Å². The molecule has 0 spiro atoms. The molecule has 0 aliphatic heterocycles. The highest BCUT2D eigenvalue weighted by atomic mass is 16.3. The highest BCUT2D eigenvalue weighted by molar-refractivity contribution is 6.13. The molecule has 0 saturated carbocycles. The lowest BCUT2D eigenvalue weighted by molar-refractivity contribution is 0.669. The Morgan fingerprint density at radius 1 is 0.382 bits per heavy atom. The minimum atomic E-state index is 0.850. The lowest BCUT2D eigenvalue weighted by Gasteiger charge is -2.25. The fourth-order valence-corrected chi connectivity index (χ4v) is 7.96. The van der Waals surface area contributed by atoms with Crippen LogP contribution in [0.4, 0.5) is 17.1 Å². The van der Waals surface area contributed by atoms with Crippen molar-refractivity contribution in [3.63, 3.8) is 0 Å². The zero-order valence-electron chi connectivity index (χ0n) is 30.4. The van der Waals surface area contributed by atoms with Gasteiger partial charge in [0.25, 0.3) is 0 Å². The second-order valence-electron chi connectivity index (χ2n) is 14.0. The molecule has 0 unspecified atom stereocenters. The number of hydrogen-bond donors (Lipinski definition) is 0. The highest BCUT2D eigenvalue weighted by Gasteiger charge is 2.19. The minimum Gasteiger partial charge on any atom is -0.456 e. The lowest BCUT2D eigenvalue weighted by atomic mass is 9.94. The van der Waals surface area contributed by atoms with Crippen molar-refractivity contribution in [1.29, 1.82) is 0 Å². The average molecular weight is 705 g/mol. The first-order valence-electron chi connectivity index (χ1n) is 18.7. The zero-order valence-corrected chi connectivity index (χ0v) is 30.4. The van der Waals surface area contributed by atoms with Crippen molar-refractivity contribution in [2.45, 2.75) is 6.92 Å². The van der Waals surface area contributed by atoms with Gasteiger partial charge in [-0.25, -0.2) is 4.98 Å². The first-order chi connectivity index (χ1) is 27.2. The molecule has 8 aromatic carbocycles. The molecule has 2 heterocycles. The first kappa shape index (κ1) is 32.4. The SMILES string of the molecule is Cc1c(-c2ccc(-c3cccc4oc5cc(N(c6ccccc6)c6ccc(-c7ccccc7)cc6)ccc5c34)cc2)nc(-c2ccccc2)c2ccccc12. The molecule has 0 aliphatic rings. The molecule has 260 valence electrons. The molecule has 0 aliphatic carbocycles. The van der Waals surface area contributed by atoms with Crippen LogP contribution in [0.1, 0.15) is 5.56 Å². The molecule has 3 nitrogen and oxygen atoms in total. The molecular weight excluding hydrogens is 669 g/mol. The standard InChI is InChI=1S/C52H36N2O/c1-35-44-20-11-12-21-46(44)52(39-16-7-3-8-17-39)53-51(35)40-26-24-38(25-27-40)45-22-13-23-48-50(45)47-33-32-43(34-49(47)55-48)54(41-18-9-4-10-19-41)42-30-28-37(29-31-42)36-14-5-2-6-15-36/h2-34H,1H3. The summed E-state index contributed by atoms with van der Waals surface area (Å²) in [4.78, 5) is 7.58. The first-order valence-corrected chi connectivity index (χ1v) is 18.7. The fraction of sp³-hybridized carbons (Fsp3) is 0.0192. The van der Waals surface area contributed by atoms with Gasteiger partial charge < -0.3 is 9.32 Å². The average Bonchev–Trinajstić information content (AvgIpc) is 3.64. The molecule has 3 heteroatoms. The summed E-state index contributed by atoms with van der Waals surface area (Å²) in [6.45, 7) is 2.18. The summed E-state index contributed by atoms with van der Waals surface area (Å²) >= 11 is 0. The van der Waals surface area contributed by atoms with E-state index in [0.29, 0.717) is 0 Å².